The van der Waals surface area contributed by atoms with Crippen LogP contribution in [0.15, 0.2) is 76.8 Å². The van der Waals surface area contributed by atoms with Crippen LogP contribution in [0.3, 0.4) is 0 Å². The van der Waals surface area contributed by atoms with Gasteiger partial charge in [0.25, 0.3) is 5.56 Å². The van der Waals surface area contributed by atoms with Crippen LogP contribution in [0.1, 0.15) is 0 Å². The van der Waals surface area contributed by atoms with E-state index < -0.39 is 0 Å². The van der Waals surface area contributed by atoms with E-state index in [1.54, 1.807) is 55.7 Å². The summed E-state index contributed by atoms with van der Waals surface area (Å²) in [6, 6.07) is 16.5. The molecule has 0 saturated heterocycles. The van der Waals surface area contributed by atoms with E-state index in [4.69, 9.17) is 4.74 Å². The fourth-order valence-electron chi connectivity index (χ4n) is 2.46. The maximum absolute atomic E-state index is 12.7. The van der Waals surface area contributed by atoms with Gasteiger partial charge in [-0.25, -0.2) is 4.98 Å². The zero-order chi connectivity index (χ0) is 19.2. The van der Waals surface area contributed by atoms with Crippen molar-refractivity contribution < 1.29 is 9.53 Å². The number of carbonyl (C=O) groups is 1. The Kier molecular flexibility index (Phi) is 5.93. The van der Waals surface area contributed by atoms with Crippen LogP contribution in [0, 0.1) is 0 Å². The Labute approximate surface area is 161 Å². The maximum Gasteiger partial charge on any atom is 0.287 e. The first kappa shape index (κ1) is 18.7. The van der Waals surface area contributed by atoms with Gasteiger partial charge in [0.05, 0.1) is 12.9 Å². The summed E-state index contributed by atoms with van der Waals surface area (Å²) < 4.78 is 6.64. The number of ether oxygens (including phenoxy) is 1. The molecule has 1 heterocycles. The van der Waals surface area contributed by atoms with Gasteiger partial charge in [0.1, 0.15) is 5.75 Å². The fraction of sp³-hybridized carbons (Fsp3) is 0.150. The lowest BCUT2D eigenvalue weighted by Gasteiger charge is -2.16. The molecule has 0 N–H and O–H groups in total. The van der Waals surface area contributed by atoms with Crippen molar-refractivity contribution >= 4 is 23.4 Å². The third-order valence-corrected chi connectivity index (χ3v) is 4.95. The van der Waals surface area contributed by atoms with Gasteiger partial charge in [-0.3, -0.25) is 14.2 Å². The Morgan fingerprint density at radius 2 is 1.85 bits per heavy atom. The highest BCUT2D eigenvalue weighted by molar-refractivity contribution is 7.99. The molecule has 138 valence electrons. The number of hydrogen-bond acceptors (Lipinski definition) is 5. The summed E-state index contributed by atoms with van der Waals surface area (Å²) in [6.07, 6.45) is 3.16. The third-order valence-electron chi connectivity index (χ3n) is 4.01. The molecule has 0 spiro atoms. The molecule has 0 aliphatic heterocycles. The van der Waals surface area contributed by atoms with Gasteiger partial charge in [0, 0.05) is 30.8 Å². The molecular formula is C20H19N3O3S. The predicted octanol–water partition coefficient (Wildman–Crippen LogP) is 3.00. The second kappa shape index (κ2) is 8.55. The summed E-state index contributed by atoms with van der Waals surface area (Å²) in [4.78, 5) is 30.8. The monoisotopic (exact) mass is 381 g/mol. The molecule has 0 aliphatic rings. The summed E-state index contributed by atoms with van der Waals surface area (Å²) in [7, 11) is 3.30. The number of para-hydroxylation sites is 1. The average Bonchev–Trinajstić information content (AvgIpc) is 2.73. The molecule has 1 amide bonds. The second-order valence-corrected chi connectivity index (χ2v) is 6.65. The van der Waals surface area contributed by atoms with Gasteiger partial charge in [-0.2, -0.15) is 0 Å². The number of anilines is 1. The number of thioether (sulfide) groups is 1. The summed E-state index contributed by atoms with van der Waals surface area (Å²) in [5.74, 6) is 0.734. The number of methoxy groups -OCH3 is 1. The lowest BCUT2D eigenvalue weighted by Crippen LogP contribution is -2.28. The van der Waals surface area contributed by atoms with Crippen molar-refractivity contribution in [3.05, 3.63) is 77.3 Å². The zero-order valence-electron chi connectivity index (χ0n) is 15.0. The van der Waals surface area contributed by atoms with E-state index in [-0.39, 0.29) is 22.2 Å². The molecule has 0 fully saturated rings. The van der Waals surface area contributed by atoms with Crippen LogP contribution < -0.4 is 15.2 Å². The van der Waals surface area contributed by atoms with Gasteiger partial charge in [0.2, 0.25) is 5.91 Å². The fourth-order valence-corrected chi connectivity index (χ4v) is 3.27. The Hall–Kier alpha value is -3.06. The summed E-state index contributed by atoms with van der Waals surface area (Å²) in [5.41, 5.74) is 1.25. The largest absolute Gasteiger partial charge is 0.497 e. The Morgan fingerprint density at radius 1 is 1.15 bits per heavy atom. The number of hydrogen-bond donors (Lipinski definition) is 0. The van der Waals surface area contributed by atoms with Crippen LogP contribution in [-0.4, -0.2) is 35.4 Å². The Morgan fingerprint density at radius 3 is 2.52 bits per heavy atom. The molecule has 6 nitrogen and oxygen atoms in total. The van der Waals surface area contributed by atoms with Crippen molar-refractivity contribution in [3.8, 4) is 11.4 Å². The van der Waals surface area contributed by atoms with E-state index in [1.807, 2.05) is 30.3 Å². The van der Waals surface area contributed by atoms with Crippen molar-refractivity contribution in [2.24, 2.45) is 0 Å². The topological polar surface area (TPSA) is 64.4 Å². The smallest absolute Gasteiger partial charge is 0.287 e. The van der Waals surface area contributed by atoms with E-state index in [2.05, 4.69) is 4.98 Å². The molecule has 0 atom stereocenters. The molecule has 0 aliphatic carbocycles. The Bertz CT molecular complexity index is 972. The highest BCUT2D eigenvalue weighted by Crippen LogP contribution is 2.17. The molecule has 0 saturated carbocycles. The molecular weight excluding hydrogens is 362 g/mol. The predicted molar refractivity (Wildman–Crippen MR) is 107 cm³/mol. The lowest BCUT2D eigenvalue weighted by molar-refractivity contribution is -0.115. The minimum absolute atomic E-state index is 0.104. The SMILES string of the molecule is COc1ccc(-n2ccnc(SCC(=O)N(C)c3ccccc3)c2=O)cc1. The number of aromatic nitrogens is 2. The van der Waals surface area contributed by atoms with E-state index >= 15 is 0 Å². The normalized spacial score (nSPS) is 10.4. The van der Waals surface area contributed by atoms with Crippen LogP contribution in [0.5, 0.6) is 5.75 Å². The minimum Gasteiger partial charge on any atom is -0.497 e. The van der Waals surface area contributed by atoms with Crippen molar-refractivity contribution in [2.75, 3.05) is 24.8 Å². The third kappa shape index (κ3) is 4.38. The number of carbonyl (C=O) groups excluding carboxylic acids is 1. The quantitative estimate of drug-likeness (QED) is 0.614. The first-order valence-corrected chi connectivity index (χ1v) is 9.25. The van der Waals surface area contributed by atoms with Gasteiger partial charge in [-0.15, -0.1) is 0 Å². The molecule has 1 aromatic heterocycles. The van der Waals surface area contributed by atoms with E-state index in [9.17, 15) is 9.59 Å². The lowest BCUT2D eigenvalue weighted by atomic mass is 10.3. The van der Waals surface area contributed by atoms with Gasteiger partial charge in [-0.05, 0) is 36.4 Å². The highest BCUT2D eigenvalue weighted by Gasteiger charge is 2.14. The molecule has 0 unspecified atom stereocenters. The van der Waals surface area contributed by atoms with E-state index in [0.717, 1.165) is 17.4 Å². The molecule has 0 radical (unpaired) electrons. The van der Waals surface area contributed by atoms with Gasteiger partial charge >= 0.3 is 0 Å². The molecule has 2 aromatic carbocycles. The van der Waals surface area contributed by atoms with Crippen LogP contribution in [-0.2, 0) is 4.79 Å². The van der Waals surface area contributed by atoms with Crippen molar-refractivity contribution in [1.29, 1.82) is 0 Å². The maximum atomic E-state index is 12.7. The molecule has 7 heteroatoms. The van der Waals surface area contributed by atoms with Crippen molar-refractivity contribution in [1.82, 2.24) is 9.55 Å². The van der Waals surface area contributed by atoms with Gasteiger partial charge in [-0.1, -0.05) is 30.0 Å². The molecule has 3 rings (SSSR count). The molecule has 27 heavy (non-hydrogen) atoms. The number of nitrogens with zero attached hydrogens (tertiary/aromatic N) is 3. The second-order valence-electron chi connectivity index (χ2n) is 5.68. The summed E-state index contributed by atoms with van der Waals surface area (Å²) in [5, 5.41) is 0.281. The van der Waals surface area contributed by atoms with Gasteiger partial charge < -0.3 is 9.64 Å². The summed E-state index contributed by atoms with van der Waals surface area (Å²) >= 11 is 1.13. The van der Waals surface area contributed by atoms with Gasteiger partial charge in [0.15, 0.2) is 5.03 Å². The van der Waals surface area contributed by atoms with Crippen molar-refractivity contribution in [3.63, 3.8) is 0 Å². The molecule has 0 bridgehead atoms. The highest BCUT2D eigenvalue weighted by atomic mass is 32.2. The van der Waals surface area contributed by atoms with Crippen LogP contribution in [0.4, 0.5) is 5.69 Å². The molecule has 3 aromatic rings. The number of benzene rings is 2. The zero-order valence-corrected chi connectivity index (χ0v) is 15.8. The number of rotatable bonds is 6. The van der Waals surface area contributed by atoms with E-state index in [1.165, 1.54) is 4.57 Å². The standard InChI is InChI=1S/C20H19N3O3S/c1-22(15-6-4-3-5-7-15)18(24)14-27-19-20(25)23(13-12-21-19)16-8-10-17(26-2)11-9-16/h3-13H,14H2,1-2H3. The van der Waals surface area contributed by atoms with Crippen LogP contribution in [0.2, 0.25) is 0 Å². The Balaban J connectivity index is 1.74. The summed E-state index contributed by atoms with van der Waals surface area (Å²) in [6.45, 7) is 0. The van der Waals surface area contributed by atoms with Crippen LogP contribution >= 0.6 is 11.8 Å². The van der Waals surface area contributed by atoms with E-state index in [0.29, 0.717) is 11.4 Å². The number of amides is 1. The van der Waals surface area contributed by atoms with Crippen LogP contribution in [0.25, 0.3) is 5.69 Å². The minimum atomic E-state index is -0.261. The average molecular weight is 381 g/mol. The first-order valence-electron chi connectivity index (χ1n) is 8.26. The first-order chi connectivity index (χ1) is 13.1. The van der Waals surface area contributed by atoms with Crippen molar-refractivity contribution in [2.45, 2.75) is 5.03 Å².